The summed E-state index contributed by atoms with van der Waals surface area (Å²) >= 11 is 2.18. The molecule has 18 heavy (non-hydrogen) atoms. The third-order valence-electron chi connectivity index (χ3n) is 1.99. The number of nitrogens with one attached hydrogen (secondary N) is 2. The SMILES string of the molecule is CC(=O)NCCNC(=O)COc1cccc(I)c1. The smallest absolute Gasteiger partial charge is 0.258 e. The molecule has 1 aromatic carbocycles. The minimum absolute atomic E-state index is 0.0276. The highest BCUT2D eigenvalue weighted by Crippen LogP contribution is 2.14. The summed E-state index contributed by atoms with van der Waals surface area (Å²) in [6, 6.07) is 7.46. The predicted molar refractivity (Wildman–Crippen MR) is 76.3 cm³/mol. The first-order valence-electron chi connectivity index (χ1n) is 5.47. The fourth-order valence-electron chi connectivity index (χ4n) is 1.20. The molecule has 1 rings (SSSR count). The van der Waals surface area contributed by atoms with E-state index in [4.69, 9.17) is 4.74 Å². The summed E-state index contributed by atoms with van der Waals surface area (Å²) in [7, 11) is 0. The van der Waals surface area contributed by atoms with Crippen molar-refractivity contribution in [1.82, 2.24) is 10.6 Å². The van der Waals surface area contributed by atoms with E-state index >= 15 is 0 Å². The van der Waals surface area contributed by atoms with Gasteiger partial charge in [0.05, 0.1) is 0 Å². The maximum Gasteiger partial charge on any atom is 0.258 e. The normalized spacial score (nSPS) is 9.67. The Bertz CT molecular complexity index is 424. The van der Waals surface area contributed by atoms with E-state index in [1.54, 1.807) is 6.07 Å². The van der Waals surface area contributed by atoms with Crippen LogP contribution in [0.25, 0.3) is 0 Å². The van der Waals surface area contributed by atoms with Crippen molar-refractivity contribution < 1.29 is 14.3 Å². The van der Waals surface area contributed by atoms with Crippen molar-refractivity contribution in [3.8, 4) is 5.75 Å². The summed E-state index contributed by atoms with van der Waals surface area (Å²) in [6.45, 7) is 2.22. The number of amides is 2. The van der Waals surface area contributed by atoms with Gasteiger partial charge in [0.25, 0.3) is 5.91 Å². The Morgan fingerprint density at radius 3 is 2.67 bits per heavy atom. The Morgan fingerprint density at radius 2 is 2.00 bits per heavy atom. The zero-order chi connectivity index (χ0) is 13.4. The first kappa shape index (κ1) is 14.7. The molecule has 0 unspecified atom stereocenters. The highest BCUT2D eigenvalue weighted by atomic mass is 127. The maximum absolute atomic E-state index is 11.4. The number of carbonyl (C=O) groups excluding carboxylic acids is 2. The molecule has 0 spiro atoms. The lowest BCUT2D eigenvalue weighted by molar-refractivity contribution is -0.123. The summed E-state index contributed by atoms with van der Waals surface area (Å²) in [6.07, 6.45) is 0. The number of ether oxygens (including phenoxy) is 1. The van der Waals surface area contributed by atoms with Gasteiger partial charge in [-0.2, -0.15) is 0 Å². The Kier molecular flexibility index (Phi) is 6.48. The molecular formula is C12H15IN2O3. The first-order chi connectivity index (χ1) is 8.58. The van der Waals surface area contributed by atoms with Crippen LogP contribution >= 0.6 is 22.6 Å². The minimum Gasteiger partial charge on any atom is -0.484 e. The molecule has 98 valence electrons. The number of hydrogen-bond donors (Lipinski definition) is 2. The second kappa shape index (κ2) is 7.91. The van der Waals surface area contributed by atoms with Crippen molar-refractivity contribution in [3.05, 3.63) is 27.8 Å². The van der Waals surface area contributed by atoms with Crippen molar-refractivity contribution in [2.75, 3.05) is 19.7 Å². The van der Waals surface area contributed by atoms with Crippen molar-refractivity contribution >= 4 is 34.4 Å². The van der Waals surface area contributed by atoms with E-state index in [-0.39, 0.29) is 18.4 Å². The summed E-state index contributed by atoms with van der Waals surface area (Å²) in [4.78, 5) is 22.0. The second-order valence-corrected chi connectivity index (χ2v) is 4.82. The van der Waals surface area contributed by atoms with Crippen molar-refractivity contribution in [3.63, 3.8) is 0 Å². The number of halogens is 1. The van der Waals surface area contributed by atoms with Crippen LogP contribution in [0.2, 0.25) is 0 Å². The summed E-state index contributed by atoms with van der Waals surface area (Å²) in [5.41, 5.74) is 0. The Balaban J connectivity index is 2.19. The van der Waals surface area contributed by atoms with Gasteiger partial charge < -0.3 is 15.4 Å². The van der Waals surface area contributed by atoms with Crippen LogP contribution in [0, 0.1) is 3.57 Å². The predicted octanol–water partition coefficient (Wildman–Crippen LogP) is 0.922. The Labute approximate surface area is 119 Å². The van der Waals surface area contributed by atoms with E-state index in [1.165, 1.54) is 6.92 Å². The summed E-state index contributed by atoms with van der Waals surface area (Å²) in [5.74, 6) is 0.345. The fourth-order valence-corrected chi connectivity index (χ4v) is 1.71. The number of carbonyl (C=O) groups is 2. The molecule has 6 heteroatoms. The van der Waals surface area contributed by atoms with E-state index in [2.05, 4.69) is 33.2 Å². The Hall–Kier alpha value is -1.31. The topological polar surface area (TPSA) is 67.4 Å². The molecule has 0 fully saturated rings. The average molecular weight is 362 g/mol. The van der Waals surface area contributed by atoms with Crippen LogP contribution in [0.4, 0.5) is 0 Å². The van der Waals surface area contributed by atoms with E-state index in [1.807, 2.05) is 18.2 Å². The molecule has 0 radical (unpaired) electrons. The molecule has 2 N–H and O–H groups in total. The van der Waals surface area contributed by atoms with Crippen LogP contribution in [-0.4, -0.2) is 31.5 Å². The van der Waals surface area contributed by atoms with Crippen LogP contribution in [0.1, 0.15) is 6.92 Å². The third kappa shape index (κ3) is 6.43. The first-order valence-corrected chi connectivity index (χ1v) is 6.55. The van der Waals surface area contributed by atoms with Gasteiger partial charge in [0.15, 0.2) is 6.61 Å². The lowest BCUT2D eigenvalue weighted by atomic mass is 10.3. The van der Waals surface area contributed by atoms with E-state index in [9.17, 15) is 9.59 Å². The molecule has 0 saturated carbocycles. The van der Waals surface area contributed by atoms with Gasteiger partial charge in [-0.1, -0.05) is 6.07 Å². The lowest BCUT2D eigenvalue weighted by Crippen LogP contribution is -2.36. The monoisotopic (exact) mass is 362 g/mol. The molecule has 0 aliphatic carbocycles. The van der Waals surface area contributed by atoms with Crippen molar-refractivity contribution in [2.24, 2.45) is 0 Å². The van der Waals surface area contributed by atoms with Gasteiger partial charge in [0.1, 0.15) is 5.75 Å². The number of benzene rings is 1. The van der Waals surface area contributed by atoms with Crippen LogP contribution in [-0.2, 0) is 9.59 Å². The zero-order valence-electron chi connectivity index (χ0n) is 10.0. The molecule has 5 nitrogen and oxygen atoms in total. The van der Waals surface area contributed by atoms with Gasteiger partial charge in [-0.3, -0.25) is 9.59 Å². The summed E-state index contributed by atoms with van der Waals surface area (Å²) < 4.78 is 6.37. The van der Waals surface area contributed by atoms with Gasteiger partial charge in [0, 0.05) is 23.6 Å². The maximum atomic E-state index is 11.4. The van der Waals surface area contributed by atoms with Crippen molar-refractivity contribution in [1.29, 1.82) is 0 Å². The number of rotatable bonds is 6. The molecule has 0 saturated heterocycles. The van der Waals surface area contributed by atoms with Gasteiger partial charge >= 0.3 is 0 Å². The minimum atomic E-state index is -0.209. The van der Waals surface area contributed by atoms with E-state index in [0.29, 0.717) is 18.8 Å². The van der Waals surface area contributed by atoms with Gasteiger partial charge in [0.2, 0.25) is 5.91 Å². The average Bonchev–Trinajstić information content (AvgIpc) is 2.32. The second-order valence-electron chi connectivity index (χ2n) is 3.58. The Morgan fingerprint density at radius 1 is 1.28 bits per heavy atom. The standard InChI is InChI=1S/C12H15IN2O3/c1-9(16)14-5-6-15-12(17)8-18-11-4-2-3-10(13)7-11/h2-4,7H,5-6,8H2,1H3,(H,14,16)(H,15,17). The molecule has 2 amide bonds. The molecular weight excluding hydrogens is 347 g/mol. The zero-order valence-corrected chi connectivity index (χ0v) is 12.2. The quantitative estimate of drug-likeness (QED) is 0.584. The highest BCUT2D eigenvalue weighted by Gasteiger charge is 2.02. The molecule has 0 bridgehead atoms. The fraction of sp³-hybridized carbons (Fsp3) is 0.333. The molecule has 0 aromatic heterocycles. The third-order valence-corrected chi connectivity index (χ3v) is 2.66. The van der Waals surface area contributed by atoms with E-state index in [0.717, 1.165) is 3.57 Å². The van der Waals surface area contributed by atoms with Gasteiger partial charge in [-0.25, -0.2) is 0 Å². The lowest BCUT2D eigenvalue weighted by Gasteiger charge is -2.07. The van der Waals surface area contributed by atoms with Gasteiger partial charge in [-0.05, 0) is 40.8 Å². The molecule has 0 aliphatic rings. The molecule has 0 heterocycles. The van der Waals surface area contributed by atoms with Crippen LogP contribution in [0.15, 0.2) is 24.3 Å². The number of hydrogen-bond acceptors (Lipinski definition) is 3. The van der Waals surface area contributed by atoms with Crippen LogP contribution in [0.5, 0.6) is 5.75 Å². The molecule has 0 aliphatic heterocycles. The van der Waals surface area contributed by atoms with E-state index < -0.39 is 0 Å². The molecule has 1 aromatic rings. The van der Waals surface area contributed by atoms with Gasteiger partial charge in [-0.15, -0.1) is 0 Å². The summed E-state index contributed by atoms with van der Waals surface area (Å²) in [5, 5.41) is 5.23. The van der Waals surface area contributed by atoms with Crippen LogP contribution in [0.3, 0.4) is 0 Å². The largest absolute Gasteiger partial charge is 0.484 e. The molecule has 0 atom stereocenters. The van der Waals surface area contributed by atoms with Crippen molar-refractivity contribution in [2.45, 2.75) is 6.92 Å². The van der Waals surface area contributed by atoms with Crippen LogP contribution < -0.4 is 15.4 Å². The highest BCUT2D eigenvalue weighted by molar-refractivity contribution is 14.1.